The first-order valence-electron chi connectivity index (χ1n) is 8.88. The molecule has 0 aromatic heterocycles. The fourth-order valence-electron chi connectivity index (χ4n) is 2.38. The molecule has 0 amide bonds. The van der Waals surface area contributed by atoms with Crippen LogP contribution in [0.1, 0.15) is 24.2 Å². The highest BCUT2D eigenvalue weighted by atomic mass is 35.5. The highest BCUT2D eigenvalue weighted by Gasteiger charge is 2.32. The van der Waals surface area contributed by atoms with E-state index in [4.69, 9.17) is 25.8 Å². The zero-order valence-electron chi connectivity index (χ0n) is 15.9. The van der Waals surface area contributed by atoms with Gasteiger partial charge in [0.15, 0.2) is 0 Å². The van der Waals surface area contributed by atoms with Crippen molar-refractivity contribution in [1.82, 2.24) is 0 Å². The average Bonchev–Trinajstić information content (AvgIpc) is 2.71. The zero-order chi connectivity index (χ0) is 20.9. The standard InChI is InChI=1S/C23H19ClO5/c1-23(2,29-20-10-8-17(24)9-11-20)22(26)28-19-14-12-18(13-15-19)27-21(25)16-6-4-3-5-7-16/h3-15H,1-2H3. The molecule has 3 aromatic rings. The highest BCUT2D eigenvalue weighted by Crippen LogP contribution is 2.24. The smallest absolute Gasteiger partial charge is 0.355 e. The number of hydrogen-bond donors (Lipinski definition) is 0. The number of esters is 2. The van der Waals surface area contributed by atoms with E-state index in [0.29, 0.717) is 27.8 Å². The third-order valence-electron chi connectivity index (χ3n) is 3.93. The second-order valence-electron chi connectivity index (χ2n) is 6.68. The molecule has 5 nitrogen and oxygen atoms in total. The second kappa shape index (κ2) is 8.80. The van der Waals surface area contributed by atoms with Crippen LogP contribution < -0.4 is 14.2 Å². The summed E-state index contributed by atoms with van der Waals surface area (Å²) in [6.07, 6.45) is 0. The van der Waals surface area contributed by atoms with Crippen LogP contribution in [0.15, 0.2) is 78.9 Å². The van der Waals surface area contributed by atoms with Crippen molar-refractivity contribution in [3.05, 3.63) is 89.4 Å². The summed E-state index contributed by atoms with van der Waals surface area (Å²) in [6, 6.07) is 21.6. The van der Waals surface area contributed by atoms with Crippen molar-refractivity contribution in [3.8, 4) is 17.2 Å². The number of benzene rings is 3. The van der Waals surface area contributed by atoms with Crippen LogP contribution in [0, 0.1) is 0 Å². The van der Waals surface area contributed by atoms with Crippen LogP contribution in [0.4, 0.5) is 0 Å². The van der Waals surface area contributed by atoms with Gasteiger partial charge in [0.25, 0.3) is 0 Å². The highest BCUT2D eigenvalue weighted by molar-refractivity contribution is 6.30. The molecular weight excluding hydrogens is 392 g/mol. The molecule has 6 heteroatoms. The number of ether oxygens (including phenoxy) is 3. The molecule has 0 N–H and O–H groups in total. The van der Waals surface area contributed by atoms with E-state index in [0.717, 1.165) is 0 Å². The van der Waals surface area contributed by atoms with Crippen molar-refractivity contribution in [2.45, 2.75) is 19.4 Å². The molecule has 0 heterocycles. The van der Waals surface area contributed by atoms with Crippen molar-refractivity contribution in [3.63, 3.8) is 0 Å². The average molecular weight is 411 g/mol. The normalized spacial score (nSPS) is 10.9. The minimum Gasteiger partial charge on any atom is -0.476 e. The van der Waals surface area contributed by atoms with Crippen molar-refractivity contribution in [2.24, 2.45) is 0 Å². The summed E-state index contributed by atoms with van der Waals surface area (Å²) in [5, 5.41) is 0.575. The number of carbonyl (C=O) groups excluding carboxylic acids is 2. The SMILES string of the molecule is CC(C)(Oc1ccc(Cl)cc1)C(=O)Oc1ccc(OC(=O)c2ccccc2)cc1. The summed E-state index contributed by atoms with van der Waals surface area (Å²) in [6.45, 7) is 3.22. The number of halogens is 1. The number of carbonyl (C=O) groups is 2. The van der Waals surface area contributed by atoms with Crippen molar-refractivity contribution in [1.29, 1.82) is 0 Å². The summed E-state index contributed by atoms with van der Waals surface area (Å²) in [5.41, 5.74) is -0.768. The maximum atomic E-state index is 12.5. The monoisotopic (exact) mass is 410 g/mol. The molecule has 0 fully saturated rings. The maximum Gasteiger partial charge on any atom is 0.355 e. The first kappa shape index (κ1) is 20.4. The van der Waals surface area contributed by atoms with Crippen LogP contribution in [0.2, 0.25) is 5.02 Å². The molecule has 0 bridgehead atoms. The summed E-state index contributed by atoms with van der Waals surface area (Å²) in [7, 11) is 0. The molecule has 0 unspecified atom stereocenters. The third kappa shape index (κ3) is 5.59. The van der Waals surface area contributed by atoms with Crippen LogP contribution in [-0.4, -0.2) is 17.5 Å². The Morgan fingerprint density at radius 3 is 1.83 bits per heavy atom. The fourth-order valence-corrected chi connectivity index (χ4v) is 2.51. The molecule has 0 radical (unpaired) electrons. The molecule has 0 saturated carbocycles. The summed E-state index contributed by atoms with van der Waals surface area (Å²) in [5.74, 6) is 0.117. The lowest BCUT2D eigenvalue weighted by Gasteiger charge is -2.24. The molecule has 0 spiro atoms. The molecule has 0 aliphatic heterocycles. The van der Waals surface area contributed by atoms with E-state index in [2.05, 4.69) is 0 Å². The quantitative estimate of drug-likeness (QED) is 0.406. The zero-order valence-corrected chi connectivity index (χ0v) is 16.7. The molecule has 0 aliphatic rings. The molecule has 148 valence electrons. The predicted octanol–water partition coefficient (Wildman–Crippen LogP) is 5.32. The van der Waals surface area contributed by atoms with Gasteiger partial charge in [-0.3, -0.25) is 0 Å². The van der Waals surface area contributed by atoms with Gasteiger partial charge in [-0.25, -0.2) is 9.59 Å². The van der Waals surface area contributed by atoms with Crippen molar-refractivity contribution < 1.29 is 23.8 Å². The van der Waals surface area contributed by atoms with Gasteiger partial charge >= 0.3 is 11.9 Å². The Morgan fingerprint density at radius 2 is 1.24 bits per heavy atom. The van der Waals surface area contributed by atoms with E-state index < -0.39 is 17.5 Å². The topological polar surface area (TPSA) is 61.8 Å². The molecule has 3 aromatic carbocycles. The van der Waals surface area contributed by atoms with Gasteiger partial charge in [-0.05, 0) is 74.5 Å². The van der Waals surface area contributed by atoms with Gasteiger partial charge in [0.1, 0.15) is 17.2 Å². The molecule has 0 aliphatic carbocycles. The van der Waals surface area contributed by atoms with E-state index in [1.807, 2.05) is 6.07 Å². The Balaban J connectivity index is 1.60. The van der Waals surface area contributed by atoms with E-state index in [1.165, 1.54) is 0 Å². The lowest BCUT2D eigenvalue weighted by Crippen LogP contribution is -2.41. The van der Waals surface area contributed by atoms with Gasteiger partial charge in [0.05, 0.1) is 5.56 Å². The van der Waals surface area contributed by atoms with Crippen LogP contribution in [-0.2, 0) is 4.79 Å². The summed E-state index contributed by atoms with van der Waals surface area (Å²) < 4.78 is 16.4. The molecular formula is C23H19ClO5. The van der Waals surface area contributed by atoms with Crippen LogP contribution >= 0.6 is 11.6 Å². The van der Waals surface area contributed by atoms with Gasteiger partial charge in [0, 0.05) is 5.02 Å². The lowest BCUT2D eigenvalue weighted by atomic mass is 10.1. The number of rotatable bonds is 6. The second-order valence-corrected chi connectivity index (χ2v) is 7.12. The molecule has 3 rings (SSSR count). The predicted molar refractivity (Wildman–Crippen MR) is 110 cm³/mol. The van der Waals surface area contributed by atoms with Crippen molar-refractivity contribution in [2.75, 3.05) is 0 Å². The Labute approximate surface area is 173 Å². The molecule has 0 saturated heterocycles. The minimum absolute atomic E-state index is 0.308. The van der Waals surface area contributed by atoms with E-state index in [1.54, 1.807) is 86.6 Å². The third-order valence-corrected chi connectivity index (χ3v) is 4.18. The fraction of sp³-hybridized carbons (Fsp3) is 0.130. The van der Waals surface area contributed by atoms with Gasteiger partial charge in [0.2, 0.25) is 5.60 Å². The Kier molecular flexibility index (Phi) is 6.20. The first-order valence-corrected chi connectivity index (χ1v) is 9.25. The van der Waals surface area contributed by atoms with E-state index >= 15 is 0 Å². The van der Waals surface area contributed by atoms with Gasteiger partial charge in [-0.15, -0.1) is 0 Å². The number of hydrogen-bond acceptors (Lipinski definition) is 5. The minimum atomic E-state index is -1.22. The van der Waals surface area contributed by atoms with Gasteiger partial charge in [-0.1, -0.05) is 29.8 Å². The maximum absolute atomic E-state index is 12.5. The van der Waals surface area contributed by atoms with Gasteiger partial charge < -0.3 is 14.2 Å². The largest absolute Gasteiger partial charge is 0.476 e. The molecule has 0 atom stereocenters. The lowest BCUT2D eigenvalue weighted by molar-refractivity contribution is -0.149. The van der Waals surface area contributed by atoms with E-state index in [-0.39, 0.29) is 0 Å². The van der Waals surface area contributed by atoms with E-state index in [9.17, 15) is 9.59 Å². The van der Waals surface area contributed by atoms with Crippen LogP contribution in [0.5, 0.6) is 17.2 Å². The molecule has 29 heavy (non-hydrogen) atoms. The van der Waals surface area contributed by atoms with Crippen LogP contribution in [0.25, 0.3) is 0 Å². The first-order chi connectivity index (χ1) is 13.8. The van der Waals surface area contributed by atoms with Crippen molar-refractivity contribution >= 4 is 23.5 Å². The van der Waals surface area contributed by atoms with Crippen LogP contribution in [0.3, 0.4) is 0 Å². The summed E-state index contributed by atoms with van der Waals surface area (Å²) >= 11 is 5.85. The van der Waals surface area contributed by atoms with Gasteiger partial charge in [-0.2, -0.15) is 0 Å². The summed E-state index contributed by atoms with van der Waals surface area (Å²) in [4.78, 5) is 24.6. The Bertz CT molecular complexity index is 980. The Morgan fingerprint density at radius 1 is 0.724 bits per heavy atom. The Hall–Kier alpha value is -3.31.